The Morgan fingerprint density at radius 2 is 1.58 bits per heavy atom. The van der Waals surface area contributed by atoms with Crippen molar-refractivity contribution in [2.24, 2.45) is 0 Å². The van der Waals surface area contributed by atoms with Crippen molar-refractivity contribution >= 4 is 11.8 Å². The van der Waals surface area contributed by atoms with Crippen LogP contribution in [0.2, 0.25) is 0 Å². The highest BCUT2D eigenvalue weighted by Crippen LogP contribution is 2.29. The molecule has 1 aliphatic heterocycles. The number of nitrogens with zero attached hydrogens (tertiary/aromatic N) is 1. The van der Waals surface area contributed by atoms with Gasteiger partial charge in [0.25, 0.3) is 11.8 Å². The number of methoxy groups -OCH3 is 2. The van der Waals surface area contributed by atoms with Crippen molar-refractivity contribution in [1.29, 1.82) is 0 Å². The van der Waals surface area contributed by atoms with E-state index in [0.29, 0.717) is 29.0 Å². The van der Waals surface area contributed by atoms with Crippen molar-refractivity contribution in [3.63, 3.8) is 0 Å². The van der Waals surface area contributed by atoms with Gasteiger partial charge in [0, 0.05) is 6.04 Å². The second-order valence-electron chi connectivity index (χ2n) is 5.76. The van der Waals surface area contributed by atoms with E-state index in [1.807, 2.05) is 25.1 Å². The zero-order chi connectivity index (χ0) is 17.3. The number of hydrogen-bond donors (Lipinski definition) is 0. The average Bonchev–Trinajstić information content (AvgIpc) is 2.86. The van der Waals surface area contributed by atoms with E-state index in [1.165, 1.54) is 4.90 Å². The number of imide groups is 1. The summed E-state index contributed by atoms with van der Waals surface area (Å²) in [4.78, 5) is 26.5. The van der Waals surface area contributed by atoms with Gasteiger partial charge in [0.2, 0.25) is 0 Å². The number of hydrogen-bond acceptors (Lipinski definition) is 4. The molecule has 24 heavy (non-hydrogen) atoms. The first-order valence-corrected chi connectivity index (χ1v) is 7.74. The van der Waals surface area contributed by atoms with E-state index < -0.39 is 0 Å². The van der Waals surface area contributed by atoms with Gasteiger partial charge in [-0.3, -0.25) is 14.5 Å². The number of rotatable bonds is 5. The van der Waals surface area contributed by atoms with Gasteiger partial charge < -0.3 is 9.47 Å². The molecule has 2 aromatic rings. The number of benzene rings is 2. The lowest BCUT2D eigenvalue weighted by molar-refractivity contribution is 0.0596. The van der Waals surface area contributed by atoms with Crippen LogP contribution in [-0.2, 0) is 6.42 Å². The molecule has 5 heteroatoms. The molecule has 0 radical (unpaired) electrons. The van der Waals surface area contributed by atoms with Gasteiger partial charge in [0.15, 0.2) is 0 Å². The van der Waals surface area contributed by atoms with E-state index >= 15 is 0 Å². The first kappa shape index (κ1) is 16.1. The van der Waals surface area contributed by atoms with Crippen LogP contribution in [0.5, 0.6) is 11.5 Å². The van der Waals surface area contributed by atoms with Crippen LogP contribution in [-0.4, -0.2) is 37.0 Å². The summed E-state index contributed by atoms with van der Waals surface area (Å²) in [7, 11) is 3.19. The molecule has 0 fully saturated rings. The van der Waals surface area contributed by atoms with Crippen LogP contribution in [0.4, 0.5) is 0 Å². The lowest BCUT2D eigenvalue weighted by Crippen LogP contribution is -2.39. The fraction of sp³-hybridized carbons (Fsp3) is 0.263. The highest BCUT2D eigenvalue weighted by molar-refractivity contribution is 6.21. The fourth-order valence-electron chi connectivity index (χ4n) is 3.06. The Morgan fingerprint density at radius 3 is 2.12 bits per heavy atom. The minimum Gasteiger partial charge on any atom is -0.497 e. The summed E-state index contributed by atoms with van der Waals surface area (Å²) in [5, 5.41) is 0. The number of fused-ring (bicyclic) bond motifs is 1. The van der Waals surface area contributed by atoms with Gasteiger partial charge >= 0.3 is 0 Å². The smallest absolute Gasteiger partial charge is 0.261 e. The summed E-state index contributed by atoms with van der Waals surface area (Å²) in [6.45, 7) is 1.86. The van der Waals surface area contributed by atoms with Crippen LogP contribution in [0.25, 0.3) is 0 Å². The molecule has 5 nitrogen and oxygen atoms in total. The van der Waals surface area contributed by atoms with Gasteiger partial charge in [0.1, 0.15) is 11.5 Å². The lowest BCUT2D eigenvalue weighted by Gasteiger charge is -2.23. The second kappa shape index (κ2) is 6.35. The van der Waals surface area contributed by atoms with Crippen LogP contribution < -0.4 is 9.47 Å². The van der Waals surface area contributed by atoms with Gasteiger partial charge in [-0.15, -0.1) is 0 Å². The summed E-state index contributed by atoms with van der Waals surface area (Å²) in [5.41, 5.74) is 1.82. The number of carbonyl (C=O) groups excluding carboxylic acids is 2. The molecular formula is C19H19NO4. The predicted molar refractivity (Wildman–Crippen MR) is 89.7 cm³/mol. The molecular weight excluding hydrogens is 306 g/mol. The second-order valence-corrected chi connectivity index (χ2v) is 5.76. The van der Waals surface area contributed by atoms with Gasteiger partial charge in [-0.1, -0.05) is 12.1 Å². The Morgan fingerprint density at radius 1 is 0.958 bits per heavy atom. The number of carbonyl (C=O) groups is 2. The van der Waals surface area contributed by atoms with Crippen LogP contribution in [0, 0.1) is 0 Å². The largest absolute Gasteiger partial charge is 0.497 e. The molecule has 1 unspecified atom stereocenters. The summed E-state index contributed by atoms with van der Waals surface area (Å²) in [5.74, 6) is 0.926. The van der Waals surface area contributed by atoms with Crippen LogP contribution in [0.15, 0.2) is 42.5 Å². The third-order valence-corrected chi connectivity index (χ3v) is 4.27. The first-order valence-electron chi connectivity index (χ1n) is 7.74. The average molecular weight is 325 g/mol. The summed E-state index contributed by atoms with van der Waals surface area (Å²) in [6.07, 6.45) is 0.492. The fourth-order valence-corrected chi connectivity index (χ4v) is 3.06. The Bertz CT molecular complexity index is 765. The minimum absolute atomic E-state index is 0.245. The van der Waals surface area contributed by atoms with Crippen molar-refractivity contribution < 1.29 is 19.1 Å². The van der Waals surface area contributed by atoms with Gasteiger partial charge in [-0.2, -0.15) is 0 Å². The van der Waals surface area contributed by atoms with Gasteiger partial charge in [-0.25, -0.2) is 0 Å². The van der Waals surface area contributed by atoms with Crippen molar-refractivity contribution in [3.8, 4) is 11.5 Å². The molecule has 0 N–H and O–H groups in total. The molecule has 124 valence electrons. The quantitative estimate of drug-likeness (QED) is 0.793. The van der Waals surface area contributed by atoms with Crippen LogP contribution in [0.3, 0.4) is 0 Å². The predicted octanol–water partition coefficient (Wildman–Crippen LogP) is 2.93. The monoisotopic (exact) mass is 325 g/mol. The lowest BCUT2D eigenvalue weighted by atomic mass is 10.0. The van der Waals surface area contributed by atoms with Gasteiger partial charge in [0.05, 0.1) is 25.3 Å². The van der Waals surface area contributed by atoms with E-state index in [4.69, 9.17) is 9.47 Å². The van der Waals surface area contributed by atoms with Crippen molar-refractivity contribution in [2.45, 2.75) is 19.4 Å². The van der Waals surface area contributed by atoms with Crippen molar-refractivity contribution in [2.75, 3.05) is 14.2 Å². The summed E-state index contributed by atoms with van der Waals surface area (Å²) < 4.78 is 10.6. The van der Waals surface area contributed by atoms with E-state index in [2.05, 4.69) is 0 Å². The SMILES string of the molecule is COc1ccc(OC)c(CC(C)N2C(=O)c3ccccc3C2=O)c1. The molecule has 0 aromatic heterocycles. The van der Waals surface area contributed by atoms with Crippen LogP contribution in [0.1, 0.15) is 33.2 Å². The molecule has 0 saturated carbocycles. The third kappa shape index (κ3) is 2.62. The molecule has 1 aliphatic rings. The molecule has 1 atom stereocenters. The summed E-state index contributed by atoms with van der Waals surface area (Å²) >= 11 is 0. The molecule has 2 aromatic carbocycles. The third-order valence-electron chi connectivity index (χ3n) is 4.27. The molecule has 0 bridgehead atoms. The Labute approximate surface area is 140 Å². The molecule has 0 aliphatic carbocycles. The summed E-state index contributed by atoms with van der Waals surface area (Å²) in [6, 6.07) is 12.1. The molecule has 0 spiro atoms. The molecule has 2 amide bonds. The maximum atomic E-state index is 12.6. The Kier molecular flexibility index (Phi) is 4.25. The molecule has 3 rings (SSSR count). The Hall–Kier alpha value is -2.82. The minimum atomic E-state index is -0.293. The first-order chi connectivity index (χ1) is 11.6. The zero-order valence-electron chi connectivity index (χ0n) is 13.9. The molecule has 1 heterocycles. The maximum Gasteiger partial charge on any atom is 0.261 e. The number of ether oxygens (including phenoxy) is 2. The topological polar surface area (TPSA) is 55.8 Å². The maximum absolute atomic E-state index is 12.6. The zero-order valence-corrected chi connectivity index (χ0v) is 13.9. The van der Waals surface area contributed by atoms with Gasteiger partial charge in [-0.05, 0) is 49.2 Å². The van der Waals surface area contributed by atoms with E-state index in [0.717, 1.165) is 5.56 Å². The van der Waals surface area contributed by atoms with E-state index in [1.54, 1.807) is 38.5 Å². The highest BCUT2D eigenvalue weighted by atomic mass is 16.5. The van der Waals surface area contributed by atoms with Crippen molar-refractivity contribution in [1.82, 2.24) is 4.90 Å². The molecule has 0 saturated heterocycles. The van der Waals surface area contributed by atoms with E-state index in [9.17, 15) is 9.59 Å². The van der Waals surface area contributed by atoms with Crippen molar-refractivity contribution in [3.05, 3.63) is 59.2 Å². The van der Waals surface area contributed by atoms with E-state index in [-0.39, 0.29) is 17.9 Å². The standard InChI is InChI=1S/C19H19NO4/c1-12(10-13-11-14(23-2)8-9-17(13)24-3)20-18(21)15-6-4-5-7-16(15)19(20)22/h4-9,11-12H,10H2,1-3H3. The highest BCUT2D eigenvalue weighted by Gasteiger charge is 2.38. The normalized spacial score (nSPS) is 14.5. The number of amides is 2. The van der Waals surface area contributed by atoms with Crippen LogP contribution >= 0.6 is 0 Å². The Balaban J connectivity index is 1.88.